The summed E-state index contributed by atoms with van der Waals surface area (Å²) in [5, 5.41) is 4.85. The first kappa shape index (κ1) is 25.5. The van der Waals surface area contributed by atoms with Gasteiger partial charge in [0.05, 0.1) is 11.9 Å². The van der Waals surface area contributed by atoms with Crippen LogP contribution in [0.4, 0.5) is 5.69 Å². The van der Waals surface area contributed by atoms with Crippen molar-refractivity contribution < 1.29 is 18.0 Å². The molecule has 0 aliphatic heterocycles. The van der Waals surface area contributed by atoms with Crippen LogP contribution in [0, 0.1) is 0 Å². The molecule has 3 aromatic carbocycles. The van der Waals surface area contributed by atoms with Gasteiger partial charge in [-0.1, -0.05) is 60.1 Å². The highest BCUT2D eigenvalue weighted by atomic mass is 35.5. The molecule has 1 N–H and O–H groups in total. The molecule has 1 atom stereocenters. The first-order chi connectivity index (χ1) is 16.1. The van der Waals surface area contributed by atoms with E-state index in [1.807, 2.05) is 30.3 Å². The van der Waals surface area contributed by atoms with Gasteiger partial charge in [-0.05, 0) is 43.0 Å². The molecular formula is C25H28ClN3O4S. The van der Waals surface area contributed by atoms with Crippen molar-refractivity contribution >= 4 is 49.9 Å². The Balaban J connectivity index is 1.98. The summed E-state index contributed by atoms with van der Waals surface area (Å²) < 4.78 is 26.7. The van der Waals surface area contributed by atoms with E-state index in [2.05, 4.69) is 5.32 Å². The Morgan fingerprint density at radius 2 is 1.65 bits per heavy atom. The Bertz CT molecular complexity index is 1270. The largest absolute Gasteiger partial charge is 0.355 e. The van der Waals surface area contributed by atoms with Crippen molar-refractivity contribution in [1.29, 1.82) is 0 Å². The van der Waals surface area contributed by atoms with Crippen LogP contribution in [0.15, 0.2) is 66.7 Å². The molecule has 0 bridgehead atoms. The Morgan fingerprint density at radius 3 is 2.29 bits per heavy atom. The number of anilines is 1. The van der Waals surface area contributed by atoms with Crippen LogP contribution in [-0.2, 0) is 26.2 Å². The predicted molar refractivity (Wildman–Crippen MR) is 136 cm³/mol. The van der Waals surface area contributed by atoms with Crippen LogP contribution < -0.4 is 9.62 Å². The van der Waals surface area contributed by atoms with Gasteiger partial charge in [-0.3, -0.25) is 13.9 Å². The fourth-order valence-corrected chi connectivity index (χ4v) is 4.70. The minimum atomic E-state index is -3.80. The summed E-state index contributed by atoms with van der Waals surface area (Å²) in [6.45, 7) is 3.52. The summed E-state index contributed by atoms with van der Waals surface area (Å²) in [6, 6.07) is 18.8. The van der Waals surface area contributed by atoms with Gasteiger partial charge in [-0.25, -0.2) is 8.42 Å². The number of sulfonamides is 1. The van der Waals surface area contributed by atoms with Gasteiger partial charge in [-0.2, -0.15) is 0 Å². The predicted octanol–water partition coefficient (Wildman–Crippen LogP) is 3.81. The molecule has 0 aromatic heterocycles. The van der Waals surface area contributed by atoms with Gasteiger partial charge in [0.25, 0.3) is 0 Å². The fourth-order valence-electron chi connectivity index (χ4n) is 3.71. The van der Waals surface area contributed by atoms with E-state index in [1.165, 1.54) is 4.90 Å². The van der Waals surface area contributed by atoms with E-state index >= 15 is 0 Å². The number of carbonyl (C=O) groups is 2. The molecule has 3 aromatic rings. The number of carbonyl (C=O) groups excluding carboxylic acids is 2. The zero-order chi connectivity index (χ0) is 24.9. The van der Waals surface area contributed by atoms with Gasteiger partial charge < -0.3 is 10.2 Å². The molecule has 180 valence electrons. The molecule has 0 heterocycles. The second-order valence-electron chi connectivity index (χ2n) is 7.99. The quantitative estimate of drug-likeness (QED) is 0.483. The zero-order valence-corrected chi connectivity index (χ0v) is 20.9. The first-order valence-corrected chi connectivity index (χ1v) is 13.1. The van der Waals surface area contributed by atoms with Gasteiger partial charge in [0.2, 0.25) is 21.8 Å². The second kappa shape index (κ2) is 10.9. The monoisotopic (exact) mass is 501 g/mol. The Labute approximate surface area is 205 Å². The van der Waals surface area contributed by atoms with Crippen molar-refractivity contribution in [2.75, 3.05) is 23.7 Å². The van der Waals surface area contributed by atoms with E-state index < -0.39 is 28.5 Å². The number of rotatable bonds is 9. The highest BCUT2D eigenvalue weighted by molar-refractivity contribution is 7.92. The highest BCUT2D eigenvalue weighted by Crippen LogP contribution is 2.28. The van der Waals surface area contributed by atoms with Gasteiger partial charge in [-0.15, -0.1) is 0 Å². The van der Waals surface area contributed by atoms with Crippen LogP contribution in [0.3, 0.4) is 0 Å². The molecule has 0 unspecified atom stereocenters. The summed E-state index contributed by atoms with van der Waals surface area (Å²) in [7, 11) is -3.80. The van der Waals surface area contributed by atoms with Crippen LogP contribution >= 0.6 is 11.6 Å². The summed E-state index contributed by atoms with van der Waals surface area (Å²) in [5.41, 5.74) is 1.18. The topological polar surface area (TPSA) is 86.8 Å². The molecule has 3 rings (SSSR count). The number of hydrogen-bond donors (Lipinski definition) is 1. The van der Waals surface area contributed by atoms with E-state index in [0.717, 1.165) is 21.5 Å². The van der Waals surface area contributed by atoms with Crippen LogP contribution in [0.1, 0.15) is 19.4 Å². The number of amides is 2. The average Bonchev–Trinajstić information content (AvgIpc) is 2.80. The number of fused-ring (bicyclic) bond motifs is 1. The molecule has 9 heteroatoms. The third-order valence-electron chi connectivity index (χ3n) is 5.50. The van der Waals surface area contributed by atoms with Gasteiger partial charge >= 0.3 is 0 Å². The maximum absolute atomic E-state index is 13.5. The molecule has 0 radical (unpaired) electrons. The van der Waals surface area contributed by atoms with Crippen LogP contribution in [0.25, 0.3) is 10.8 Å². The standard InChI is InChI=1S/C25H28ClN3O4S/c1-4-27-25(31)18(2)28(16-19-12-14-21(26)15-13-19)24(30)17-29(34(3,32)33)23-11-7-9-20-8-5-6-10-22(20)23/h5-15,18H,4,16-17H2,1-3H3,(H,27,31)/t18-/m1/s1. The summed E-state index contributed by atoms with van der Waals surface area (Å²) in [6.07, 6.45) is 1.07. The number of likely N-dealkylation sites (N-methyl/N-ethyl adjacent to an activating group) is 1. The Kier molecular flexibility index (Phi) is 8.17. The molecule has 0 aliphatic carbocycles. The maximum atomic E-state index is 13.5. The molecule has 0 spiro atoms. The van der Waals surface area contributed by atoms with Crippen LogP contribution in [0.2, 0.25) is 5.02 Å². The van der Waals surface area contributed by atoms with Gasteiger partial charge in [0, 0.05) is 23.5 Å². The molecule has 0 saturated heterocycles. The lowest BCUT2D eigenvalue weighted by Gasteiger charge is -2.31. The Hall–Kier alpha value is -3.10. The third kappa shape index (κ3) is 6.07. The number of hydrogen-bond acceptors (Lipinski definition) is 4. The average molecular weight is 502 g/mol. The minimum absolute atomic E-state index is 0.126. The lowest BCUT2D eigenvalue weighted by molar-refractivity contribution is -0.139. The van der Waals surface area contributed by atoms with Crippen molar-refractivity contribution in [3.63, 3.8) is 0 Å². The zero-order valence-electron chi connectivity index (χ0n) is 19.4. The molecule has 7 nitrogen and oxygen atoms in total. The number of halogens is 1. The first-order valence-electron chi connectivity index (χ1n) is 10.9. The van der Waals surface area contributed by atoms with E-state index in [4.69, 9.17) is 11.6 Å². The minimum Gasteiger partial charge on any atom is -0.355 e. The lowest BCUT2D eigenvalue weighted by atomic mass is 10.1. The normalized spacial score (nSPS) is 12.2. The molecular weight excluding hydrogens is 474 g/mol. The van der Waals surface area contributed by atoms with Crippen LogP contribution in [0.5, 0.6) is 0 Å². The highest BCUT2D eigenvalue weighted by Gasteiger charge is 2.30. The van der Waals surface area contributed by atoms with Gasteiger partial charge in [0.15, 0.2) is 0 Å². The molecule has 0 aliphatic rings. The molecule has 0 saturated carbocycles. The second-order valence-corrected chi connectivity index (χ2v) is 10.3. The number of benzene rings is 3. The smallest absolute Gasteiger partial charge is 0.244 e. The van der Waals surface area contributed by atoms with Crippen molar-refractivity contribution in [2.24, 2.45) is 0 Å². The third-order valence-corrected chi connectivity index (χ3v) is 6.88. The summed E-state index contributed by atoms with van der Waals surface area (Å²) in [4.78, 5) is 27.5. The van der Waals surface area contributed by atoms with E-state index in [9.17, 15) is 18.0 Å². The molecule has 34 heavy (non-hydrogen) atoms. The summed E-state index contributed by atoms with van der Waals surface area (Å²) in [5.74, 6) is -0.812. The van der Waals surface area contributed by atoms with E-state index in [-0.39, 0.29) is 12.5 Å². The molecule has 0 fully saturated rings. The van der Waals surface area contributed by atoms with Crippen molar-refractivity contribution in [2.45, 2.75) is 26.4 Å². The SMILES string of the molecule is CCNC(=O)[C@@H](C)N(Cc1ccc(Cl)cc1)C(=O)CN(c1cccc2ccccc12)S(C)(=O)=O. The van der Waals surface area contributed by atoms with Crippen LogP contribution in [-0.4, -0.2) is 50.5 Å². The van der Waals surface area contributed by atoms with Crippen molar-refractivity contribution in [3.8, 4) is 0 Å². The number of nitrogens with zero attached hydrogens (tertiary/aromatic N) is 2. The van der Waals surface area contributed by atoms with Gasteiger partial charge in [0.1, 0.15) is 12.6 Å². The lowest BCUT2D eigenvalue weighted by Crippen LogP contribution is -2.51. The number of nitrogens with one attached hydrogen (secondary N) is 1. The van der Waals surface area contributed by atoms with Crippen molar-refractivity contribution in [1.82, 2.24) is 10.2 Å². The maximum Gasteiger partial charge on any atom is 0.244 e. The van der Waals surface area contributed by atoms with E-state index in [0.29, 0.717) is 22.6 Å². The van der Waals surface area contributed by atoms with Crippen molar-refractivity contribution in [3.05, 3.63) is 77.3 Å². The summed E-state index contributed by atoms with van der Waals surface area (Å²) >= 11 is 5.98. The molecule has 2 amide bonds. The fraction of sp³-hybridized carbons (Fsp3) is 0.280. The Morgan fingerprint density at radius 1 is 1.00 bits per heavy atom. The van der Waals surface area contributed by atoms with E-state index in [1.54, 1.807) is 50.2 Å².